The largest absolute Gasteiger partial charge is 0.398 e. The Morgan fingerprint density at radius 1 is 1.35 bits per heavy atom. The average Bonchev–Trinajstić information content (AvgIpc) is 2.58. The lowest BCUT2D eigenvalue weighted by Crippen LogP contribution is -2.33. The van der Waals surface area contributed by atoms with Crippen LogP contribution in [0.3, 0.4) is 0 Å². The van der Waals surface area contributed by atoms with Crippen LogP contribution in [0.25, 0.3) is 0 Å². The summed E-state index contributed by atoms with van der Waals surface area (Å²) in [7, 11) is -3.55. The van der Waals surface area contributed by atoms with Gasteiger partial charge in [0, 0.05) is 32.1 Å². The number of aromatic nitrogens is 1. The molecular weight excluding hydrogens is 242 g/mol. The van der Waals surface area contributed by atoms with Crippen LogP contribution in [0.4, 0.5) is 5.69 Å². The SMILES string of the molecule is Nc1ccncc1S(=O)(=O)N1CCCOCC1. The molecule has 1 aliphatic heterocycles. The molecule has 0 atom stereocenters. The van der Waals surface area contributed by atoms with E-state index in [1.54, 1.807) is 0 Å². The standard InChI is InChI=1S/C10H15N3O3S/c11-9-2-3-12-8-10(9)17(14,15)13-4-1-6-16-7-5-13/h2-3,8H,1,4-7H2,(H2,11,12). The Kier molecular flexibility index (Phi) is 3.60. The van der Waals surface area contributed by atoms with Crippen molar-refractivity contribution in [2.24, 2.45) is 0 Å². The molecule has 2 rings (SSSR count). The fourth-order valence-corrected chi connectivity index (χ4v) is 3.23. The highest BCUT2D eigenvalue weighted by atomic mass is 32.2. The van der Waals surface area contributed by atoms with Gasteiger partial charge < -0.3 is 10.5 Å². The molecule has 0 aromatic carbocycles. The van der Waals surface area contributed by atoms with E-state index in [4.69, 9.17) is 10.5 Å². The summed E-state index contributed by atoms with van der Waals surface area (Å²) < 4.78 is 31.3. The smallest absolute Gasteiger partial charge is 0.246 e. The number of rotatable bonds is 2. The van der Waals surface area contributed by atoms with E-state index in [1.807, 2.05) is 0 Å². The molecule has 0 bridgehead atoms. The number of pyridine rings is 1. The van der Waals surface area contributed by atoms with Gasteiger partial charge in [-0.3, -0.25) is 4.98 Å². The summed E-state index contributed by atoms with van der Waals surface area (Å²) in [5.41, 5.74) is 5.90. The van der Waals surface area contributed by atoms with Gasteiger partial charge in [-0.25, -0.2) is 8.42 Å². The van der Waals surface area contributed by atoms with Crippen molar-refractivity contribution in [2.75, 3.05) is 32.0 Å². The van der Waals surface area contributed by atoms with Crippen molar-refractivity contribution in [3.8, 4) is 0 Å². The van der Waals surface area contributed by atoms with Gasteiger partial charge in [-0.15, -0.1) is 0 Å². The Labute approximate surface area is 100 Å². The summed E-state index contributed by atoms with van der Waals surface area (Å²) in [6.45, 7) is 1.82. The van der Waals surface area contributed by atoms with E-state index < -0.39 is 10.0 Å². The average molecular weight is 257 g/mol. The number of ether oxygens (including phenoxy) is 1. The summed E-state index contributed by atoms with van der Waals surface area (Å²) in [4.78, 5) is 3.88. The second-order valence-corrected chi connectivity index (χ2v) is 5.69. The van der Waals surface area contributed by atoms with E-state index >= 15 is 0 Å². The Morgan fingerprint density at radius 3 is 2.94 bits per heavy atom. The maximum Gasteiger partial charge on any atom is 0.246 e. The van der Waals surface area contributed by atoms with Gasteiger partial charge in [0.25, 0.3) is 0 Å². The van der Waals surface area contributed by atoms with Crippen LogP contribution in [0.5, 0.6) is 0 Å². The van der Waals surface area contributed by atoms with Crippen LogP contribution < -0.4 is 5.73 Å². The highest BCUT2D eigenvalue weighted by Gasteiger charge is 2.27. The van der Waals surface area contributed by atoms with Crippen molar-refractivity contribution in [1.29, 1.82) is 0 Å². The monoisotopic (exact) mass is 257 g/mol. The minimum absolute atomic E-state index is 0.0712. The molecule has 1 saturated heterocycles. The normalized spacial score (nSPS) is 18.8. The molecule has 17 heavy (non-hydrogen) atoms. The van der Waals surface area contributed by atoms with Crippen LogP contribution in [-0.4, -0.2) is 44.0 Å². The molecule has 0 unspecified atom stereocenters. The predicted molar refractivity (Wildman–Crippen MR) is 62.8 cm³/mol. The first-order valence-corrected chi connectivity index (χ1v) is 6.84. The van der Waals surface area contributed by atoms with Gasteiger partial charge in [0.2, 0.25) is 10.0 Å². The number of anilines is 1. The van der Waals surface area contributed by atoms with E-state index in [-0.39, 0.29) is 10.6 Å². The molecule has 0 radical (unpaired) electrons. The lowest BCUT2D eigenvalue weighted by atomic mass is 10.4. The third-order valence-corrected chi connectivity index (χ3v) is 4.56. The maximum absolute atomic E-state index is 12.3. The van der Waals surface area contributed by atoms with Gasteiger partial charge in [0.05, 0.1) is 12.3 Å². The van der Waals surface area contributed by atoms with E-state index in [9.17, 15) is 8.42 Å². The summed E-state index contributed by atoms with van der Waals surface area (Å²) in [5.74, 6) is 0. The zero-order valence-electron chi connectivity index (χ0n) is 9.37. The van der Waals surface area contributed by atoms with Gasteiger partial charge in [0.1, 0.15) is 4.90 Å². The van der Waals surface area contributed by atoms with Gasteiger partial charge in [-0.05, 0) is 12.5 Å². The van der Waals surface area contributed by atoms with Gasteiger partial charge in [0.15, 0.2) is 0 Å². The van der Waals surface area contributed by atoms with Crippen LogP contribution in [0.1, 0.15) is 6.42 Å². The summed E-state index contributed by atoms with van der Waals surface area (Å²) >= 11 is 0. The highest BCUT2D eigenvalue weighted by molar-refractivity contribution is 7.89. The lowest BCUT2D eigenvalue weighted by molar-refractivity contribution is 0.148. The molecule has 0 saturated carbocycles. The van der Waals surface area contributed by atoms with E-state index in [0.717, 1.165) is 0 Å². The molecule has 1 fully saturated rings. The fourth-order valence-electron chi connectivity index (χ4n) is 1.71. The molecule has 2 N–H and O–H groups in total. The summed E-state index contributed by atoms with van der Waals surface area (Å²) in [5, 5.41) is 0. The lowest BCUT2D eigenvalue weighted by Gasteiger charge is -2.19. The van der Waals surface area contributed by atoms with Crippen LogP contribution in [0, 0.1) is 0 Å². The number of nitrogen functional groups attached to an aromatic ring is 1. The number of hydrogen-bond acceptors (Lipinski definition) is 5. The second kappa shape index (κ2) is 4.99. The van der Waals surface area contributed by atoms with Crippen molar-refractivity contribution in [1.82, 2.24) is 9.29 Å². The molecule has 0 spiro atoms. The number of sulfonamides is 1. The minimum atomic E-state index is -3.55. The highest BCUT2D eigenvalue weighted by Crippen LogP contribution is 2.21. The first kappa shape index (κ1) is 12.3. The van der Waals surface area contributed by atoms with Crippen LogP contribution in [0.15, 0.2) is 23.4 Å². The van der Waals surface area contributed by atoms with E-state index in [0.29, 0.717) is 32.7 Å². The van der Waals surface area contributed by atoms with Gasteiger partial charge in [-0.2, -0.15) is 4.31 Å². The first-order chi connectivity index (χ1) is 8.12. The quantitative estimate of drug-likeness (QED) is 0.810. The zero-order valence-corrected chi connectivity index (χ0v) is 10.2. The molecule has 94 valence electrons. The van der Waals surface area contributed by atoms with Crippen LogP contribution >= 0.6 is 0 Å². The molecule has 1 aromatic rings. The molecular formula is C10H15N3O3S. The fraction of sp³-hybridized carbons (Fsp3) is 0.500. The van der Waals surface area contributed by atoms with Crippen molar-refractivity contribution in [3.63, 3.8) is 0 Å². The summed E-state index contributed by atoms with van der Waals surface area (Å²) in [6.07, 6.45) is 3.45. The van der Waals surface area contributed by atoms with Crippen molar-refractivity contribution >= 4 is 15.7 Å². The molecule has 0 aliphatic carbocycles. The Balaban J connectivity index is 2.32. The second-order valence-electron chi connectivity index (χ2n) is 3.78. The third-order valence-electron chi connectivity index (χ3n) is 2.62. The Bertz CT molecular complexity index is 481. The maximum atomic E-state index is 12.3. The van der Waals surface area contributed by atoms with Crippen LogP contribution in [-0.2, 0) is 14.8 Å². The van der Waals surface area contributed by atoms with Crippen molar-refractivity contribution < 1.29 is 13.2 Å². The Morgan fingerprint density at radius 2 is 2.18 bits per heavy atom. The predicted octanol–water partition coefficient (Wildman–Crippen LogP) is 0.0748. The first-order valence-electron chi connectivity index (χ1n) is 5.40. The molecule has 0 amide bonds. The topological polar surface area (TPSA) is 85.5 Å². The van der Waals surface area contributed by atoms with E-state index in [1.165, 1.54) is 22.8 Å². The third kappa shape index (κ3) is 2.56. The summed E-state index contributed by atoms with van der Waals surface area (Å²) in [6, 6.07) is 1.49. The number of nitrogens with two attached hydrogens (primary N) is 1. The van der Waals surface area contributed by atoms with Crippen molar-refractivity contribution in [2.45, 2.75) is 11.3 Å². The molecule has 1 aromatic heterocycles. The molecule has 2 heterocycles. The van der Waals surface area contributed by atoms with Crippen LogP contribution in [0.2, 0.25) is 0 Å². The Hall–Kier alpha value is -1.18. The minimum Gasteiger partial charge on any atom is -0.398 e. The molecule has 1 aliphatic rings. The molecule has 7 heteroatoms. The zero-order chi connectivity index (χ0) is 12.3. The number of hydrogen-bond donors (Lipinski definition) is 1. The van der Waals surface area contributed by atoms with Gasteiger partial charge >= 0.3 is 0 Å². The van der Waals surface area contributed by atoms with E-state index in [2.05, 4.69) is 4.98 Å². The molecule has 6 nitrogen and oxygen atoms in total. The van der Waals surface area contributed by atoms with Crippen molar-refractivity contribution in [3.05, 3.63) is 18.5 Å². The number of nitrogens with zero attached hydrogens (tertiary/aromatic N) is 2. The van der Waals surface area contributed by atoms with Gasteiger partial charge in [-0.1, -0.05) is 0 Å².